The van der Waals surface area contributed by atoms with Crippen molar-refractivity contribution in [1.82, 2.24) is 14.9 Å². The van der Waals surface area contributed by atoms with Crippen molar-refractivity contribution in [3.63, 3.8) is 0 Å². The summed E-state index contributed by atoms with van der Waals surface area (Å²) in [6.07, 6.45) is 2.39. The highest BCUT2D eigenvalue weighted by molar-refractivity contribution is 7.91. The molecule has 0 amide bonds. The molecule has 2 fully saturated rings. The zero-order valence-corrected chi connectivity index (χ0v) is 13.7. The highest BCUT2D eigenvalue weighted by atomic mass is 32.2. The van der Waals surface area contributed by atoms with Gasteiger partial charge in [-0.3, -0.25) is 0 Å². The second-order valence-corrected chi connectivity index (χ2v) is 8.14. The highest BCUT2D eigenvalue weighted by Crippen LogP contribution is 2.18. The van der Waals surface area contributed by atoms with Gasteiger partial charge in [-0.2, -0.15) is 4.98 Å². The number of anilines is 2. The number of likely N-dealkylation sites (N-methyl/N-ethyl adjacent to an activating group) is 1. The summed E-state index contributed by atoms with van der Waals surface area (Å²) in [7, 11) is -2.88. The van der Waals surface area contributed by atoms with E-state index in [1.807, 2.05) is 0 Å². The number of sulfone groups is 1. The number of hydrogen-bond acceptors (Lipinski definition) is 7. The molecule has 0 saturated carbocycles. The monoisotopic (exact) mass is 325 g/mol. The van der Waals surface area contributed by atoms with E-state index < -0.39 is 9.84 Å². The predicted molar refractivity (Wildman–Crippen MR) is 87.0 cm³/mol. The average Bonchev–Trinajstić information content (AvgIpc) is 2.86. The molecule has 0 spiro atoms. The molecule has 8 heteroatoms. The van der Waals surface area contributed by atoms with Crippen molar-refractivity contribution in [2.45, 2.75) is 19.4 Å². The summed E-state index contributed by atoms with van der Waals surface area (Å²) >= 11 is 0. The Morgan fingerprint density at radius 3 is 2.73 bits per heavy atom. The fourth-order valence-electron chi connectivity index (χ4n) is 2.96. The molecule has 2 aliphatic heterocycles. The zero-order valence-electron chi connectivity index (χ0n) is 12.9. The van der Waals surface area contributed by atoms with Crippen LogP contribution in [-0.4, -0.2) is 73.6 Å². The number of nitrogens with zero attached hydrogens (tertiary/aromatic N) is 4. The zero-order chi connectivity index (χ0) is 15.6. The predicted octanol–water partition coefficient (Wildman–Crippen LogP) is 0.218. The summed E-state index contributed by atoms with van der Waals surface area (Å²) < 4.78 is 23.0. The van der Waals surface area contributed by atoms with Crippen molar-refractivity contribution in [3.8, 4) is 0 Å². The van der Waals surface area contributed by atoms with Gasteiger partial charge in [-0.15, -0.1) is 0 Å². The van der Waals surface area contributed by atoms with Crippen LogP contribution in [-0.2, 0) is 9.84 Å². The quantitative estimate of drug-likeness (QED) is 0.848. The Balaban J connectivity index is 1.63. The number of piperazine rings is 1. The molecule has 1 aromatic heterocycles. The Hall–Kier alpha value is -1.41. The number of aromatic nitrogens is 2. The van der Waals surface area contributed by atoms with Gasteiger partial charge < -0.3 is 15.1 Å². The maximum absolute atomic E-state index is 11.5. The summed E-state index contributed by atoms with van der Waals surface area (Å²) in [5.41, 5.74) is 0. The van der Waals surface area contributed by atoms with Crippen LogP contribution in [0.1, 0.15) is 13.3 Å². The molecule has 3 heterocycles. The molecule has 1 atom stereocenters. The standard InChI is InChI=1S/C14H23N5O2S/c1-2-18-6-8-19(9-7-18)14-15-5-3-13(17-14)16-12-4-10-22(20,21)11-12/h3,5,12H,2,4,6-11H2,1H3,(H,15,16,17). The van der Waals surface area contributed by atoms with Crippen molar-refractivity contribution in [2.24, 2.45) is 0 Å². The first kappa shape index (κ1) is 15.5. The first-order valence-electron chi connectivity index (χ1n) is 7.83. The van der Waals surface area contributed by atoms with Crippen LogP contribution in [0.2, 0.25) is 0 Å². The largest absolute Gasteiger partial charge is 0.366 e. The lowest BCUT2D eigenvalue weighted by Crippen LogP contribution is -2.46. The molecule has 3 rings (SSSR count). The first-order chi connectivity index (χ1) is 10.6. The first-order valence-corrected chi connectivity index (χ1v) is 9.65. The van der Waals surface area contributed by atoms with E-state index in [9.17, 15) is 8.42 Å². The number of rotatable bonds is 4. The van der Waals surface area contributed by atoms with Crippen LogP contribution >= 0.6 is 0 Å². The number of nitrogens with one attached hydrogen (secondary N) is 1. The molecular weight excluding hydrogens is 302 g/mol. The van der Waals surface area contributed by atoms with E-state index >= 15 is 0 Å². The summed E-state index contributed by atoms with van der Waals surface area (Å²) in [6.45, 7) is 7.15. The summed E-state index contributed by atoms with van der Waals surface area (Å²) in [5, 5.41) is 3.23. The molecule has 1 unspecified atom stereocenters. The van der Waals surface area contributed by atoms with Crippen LogP contribution < -0.4 is 10.2 Å². The van der Waals surface area contributed by atoms with Gasteiger partial charge in [0, 0.05) is 38.4 Å². The average molecular weight is 325 g/mol. The lowest BCUT2D eigenvalue weighted by atomic mass is 10.2. The molecule has 22 heavy (non-hydrogen) atoms. The van der Waals surface area contributed by atoms with Gasteiger partial charge in [-0.25, -0.2) is 13.4 Å². The van der Waals surface area contributed by atoms with Gasteiger partial charge >= 0.3 is 0 Å². The van der Waals surface area contributed by atoms with E-state index in [1.165, 1.54) is 0 Å². The third-order valence-electron chi connectivity index (χ3n) is 4.33. The fraction of sp³-hybridized carbons (Fsp3) is 0.714. The van der Waals surface area contributed by atoms with Crippen molar-refractivity contribution >= 4 is 21.6 Å². The third kappa shape index (κ3) is 3.67. The molecule has 122 valence electrons. The van der Waals surface area contributed by atoms with Crippen molar-refractivity contribution in [2.75, 3.05) is 54.4 Å². The SMILES string of the molecule is CCN1CCN(c2nccc(NC3CCS(=O)(=O)C3)n2)CC1. The Morgan fingerprint density at radius 2 is 2.09 bits per heavy atom. The summed E-state index contributed by atoms with van der Waals surface area (Å²) in [6, 6.07) is 1.76. The van der Waals surface area contributed by atoms with Gasteiger partial charge in [0.2, 0.25) is 5.95 Å². The van der Waals surface area contributed by atoms with Crippen LogP contribution in [0.3, 0.4) is 0 Å². The van der Waals surface area contributed by atoms with Crippen LogP contribution in [0.5, 0.6) is 0 Å². The molecule has 2 saturated heterocycles. The molecule has 7 nitrogen and oxygen atoms in total. The minimum Gasteiger partial charge on any atom is -0.366 e. The Labute approximate surface area is 131 Å². The van der Waals surface area contributed by atoms with Crippen LogP contribution in [0, 0.1) is 0 Å². The van der Waals surface area contributed by atoms with Gasteiger partial charge in [0.1, 0.15) is 5.82 Å². The molecule has 0 bridgehead atoms. The van der Waals surface area contributed by atoms with E-state index in [2.05, 4.69) is 32.0 Å². The molecule has 1 N–H and O–H groups in total. The molecule has 0 aromatic carbocycles. The molecule has 1 aromatic rings. The van der Waals surface area contributed by atoms with E-state index in [-0.39, 0.29) is 17.5 Å². The van der Waals surface area contributed by atoms with Crippen LogP contribution in [0.15, 0.2) is 12.3 Å². The Bertz CT molecular complexity index is 613. The maximum Gasteiger partial charge on any atom is 0.227 e. The van der Waals surface area contributed by atoms with Crippen molar-refractivity contribution in [1.29, 1.82) is 0 Å². The normalized spacial score (nSPS) is 25.3. The summed E-state index contributed by atoms with van der Waals surface area (Å²) in [5.74, 6) is 1.90. The minimum absolute atomic E-state index is 0.0373. The third-order valence-corrected chi connectivity index (χ3v) is 6.10. The van der Waals surface area contributed by atoms with E-state index in [0.717, 1.165) is 38.7 Å². The molecule has 2 aliphatic rings. The van der Waals surface area contributed by atoms with Gasteiger partial charge in [0.05, 0.1) is 11.5 Å². The fourth-order valence-corrected chi connectivity index (χ4v) is 4.64. The van der Waals surface area contributed by atoms with Crippen molar-refractivity contribution in [3.05, 3.63) is 12.3 Å². The minimum atomic E-state index is -2.88. The second-order valence-electron chi connectivity index (χ2n) is 5.91. The number of hydrogen-bond donors (Lipinski definition) is 1. The lowest BCUT2D eigenvalue weighted by Gasteiger charge is -2.34. The van der Waals surface area contributed by atoms with E-state index in [0.29, 0.717) is 12.2 Å². The Morgan fingerprint density at radius 1 is 1.32 bits per heavy atom. The molecule has 0 radical (unpaired) electrons. The second kappa shape index (κ2) is 6.37. The van der Waals surface area contributed by atoms with Gasteiger partial charge in [0.25, 0.3) is 0 Å². The van der Waals surface area contributed by atoms with Gasteiger partial charge in [-0.1, -0.05) is 6.92 Å². The van der Waals surface area contributed by atoms with E-state index in [1.54, 1.807) is 12.3 Å². The van der Waals surface area contributed by atoms with Gasteiger partial charge in [0.15, 0.2) is 9.84 Å². The smallest absolute Gasteiger partial charge is 0.227 e. The van der Waals surface area contributed by atoms with Gasteiger partial charge in [-0.05, 0) is 19.0 Å². The molecule has 0 aliphatic carbocycles. The maximum atomic E-state index is 11.5. The highest BCUT2D eigenvalue weighted by Gasteiger charge is 2.28. The van der Waals surface area contributed by atoms with E-state index in [4.69, 9.17) is 0 Å². The molecular formula is C14H23N5O2S. The Kier molecular flexibility index (Phi) is 4.49. The lowest BCUT2D eigenvalue weighted by molar-refractivity contribution is 0.270. The van der Waals surface area contributed by atoms with Crippen molar-refractivity contribution < 1.29 is 8.42 Å². The topological polar surface area (TPSA) is 78.4 Å². The van der Waals surface area contributed by atoms with Crippen LogP contribution in [0.4, 0.5) is 11.8 Å². The van der Waals surface area contributed by atoms with Crippen LogP contribution in [0.25, 0.3) is 0 Å². The summed E-state index contributed by atoms with van der Waals surface area (Å²) in [4.78, 5) is 13.5.